The van der Waals surface area contributed by atoms with Gasteiger partial charge in [-0.1, -0.05) is 53.4 Å². The molecule has 0 saturated heterocycles. The van der Waals surface area contributed by atoms with Gasteiger partial charge < -0.3 is 15.0 Å². The van der Waals surface area contributed by atoms with Gasteiger partial charge in [-0.05, 0) is 29.8 Å². The van der Waals surface area contributed by atoms with Gasteiger partial charge in [-0.15, -0.1) is 10.2 Å². The van der Waals surface area contributed by atoms with Gasteiger partial charge in [0.15, 0.2) is 4.34 Å². The third-order valence-corrected chi connectivity index (χ3v) is 5.90. The van der Waals surface area contributed by atoms with Crippen molar-refractivity contribution in [1.29, 1.82) is 0 Å². The highest BCUT2D eigenvalue weighted by molar-refractivity contribution is 8.01. The van der Waals surface area contributed by atoms with Gasteiger partial charge in [0.1, 0.15) is 11.0 Å². The lowest BCUT2D eigenvalue weighted by Gasteiger charge is -2.19. The summed E-state index contributed by atoms with van der Waals surface area (Å²) in [5.41, 5.74) is 1.84. The first kappa shape index (κ1) is 19.2. The summed E-state index contributed by atoms with van der Waals surface area (Å²) >= 11 is 2.83. The van der Waals surface area contributed by atoms with E-state index in [1.807, 2.05) is 54.6 Å². The quantitative estimate of drug-likeness (QED) is 0.599. The largest absolute Gasteiger partial charge is 0.497 e. The molecule has 0 radical (unpaired) electrons. The Bertz CT molecular complexity index is 882. The molecule has 1 atom stereocenters. The first-order valence-electron chi connectivity index (χ1n) is 8.24. The van der Waals surface area contributed by atoms with Crippen LogP contribution in [-0.2, 0) is 4.79 Å². The normalized spacial score (nSPS) is 11.7. The molecular weight excluding hydrogens is 380 g/mol. The summed E-state index contributed by atoms with van der Waals surface area (Å²) < 4.78 is 5.89. The number of thioether (sulfide) groups is 1. The van der Waals surface area contributed by atoms with Crippen molar-refractivity contribution in [2.45, 2.75) is 9.59 Å². The average Bonchev–Trinajstić information content (AvgIpc) is 3.13. The minimum Gasteiger partial charge on any atom is -0.497 e. The van der Waals surface area contributed by atoms with Crippen molar-refractivity contribution >= 4 is 39.8 Å². The molecule has 1 heterocycles. The maximum absolute atomic E-state index is 12.6. The van der Waals surface area contributed by atoms with Crippen LogP contribution < -0.4 is 10.1 Å². The molecular formula is C19H20N4O2S2. The number of amides is 1. The smallest absolute Gasteiger partial charge is 0.240 e. The van der Waals surface area contributed by atoms with Gasteiger partial charge in [-0.3, -0.25) is 4.79 Å². The van der Waals surface area contributed by atoms with Crippen molar-refractivity contribution in [2.24, 2.45) is 0 Å². The number of benzene rings is 2. The van der Waals surface area contributed by atoms with E-state index >= 15 is 0 Å². The number of aromatic nitrogens is 2. The van der Waals surface area contributed by atoms with E-state index < -0.39 is 0 Å². The summed E-state index contributed by atoms with van der Waals surface area (Å²) in [6.07, 6.45) is 0. The molecule has 0 aliphatic carbocycles. The predicted molar refractivity (Wildman–Crippen MR) is 110 cm³/mol. The molecule has 3 aromatic rings. The van der Waals surface area contributed by atoms with Crippen molar-refractivity contribution in [3.63, 3.8) is 0 Å². The van der Waals surface area contributed by atoms with Gasteiger partial charge in [0.2, 0.25) is 11.0 Å². The van der Waals surface area contributed by atoms with Crippen LogP contribution in [0.1, 0.15) is 10.8 Å². The summed E-state index contributed by atoms with van der Waals surface area (Å²) in [7, 11) is 5.15. The minimum atomic E-state index is -0.358. The van der Waals surface area contributed by atoms with Gasteiger partial charge >= 0.3 is 0 Å². The summed E-state index contributed by atoms with van der Waals surface area (Å²) in [6.45, 7) is 0. The number of nitrogens with zero attached hydrogens (tertiary/aromatic N) is 3. The van der Waals surface area contributed by atoms with Crippen LogP contribution in [-0.4, -0.2) is 42.2 Å². The Kier molecular flexibility index (Phi) is 6.31. The molecule has 0 spiro atoms. The summed E-state index contributed by atoms with van der Waals surface area (Å²) in [6, 6.07) is 17.3. The number of methoxy groups -OCH3 is 1. The molecule has 0 saturated carbocycles. The van der Waals surface area contributed by atoms with Crippen molar-refractivity contribution in [2.75, 3.05) is 26.5 Å². The summed E-state index contributed by atoms with van der Waals surface area (Å²) in [4.78, 5) is 14.2. The van der Waals surface area contributed by atoms with Crippen LogP contribution in [0.2, 0.25) is 0 Å². The number of carbonyl (C=O) groups is 1. The zero-order chi connectivity index (χ0) is 19.2. The first-order chi connectivity index (χ1) is 13.1. The molecule has 3 rings (SSSR count). The summed E-state index contributed by atoms with van der Waals surface area (Å²) in [5.74, 6) is 0.813. The lowest BCUT2D eigenvalue weighted by molar-refractivity contribution is -0.128. The van der Waals surface area contributed by atoms with E-state index in [9.17, 15) is 4.79 Å². The number of hydrogen-bond acceptors (Lipinski definition) is 7. The van der Waals surface area contributed by atoms with Crippen LogP contribution in [0.25, 0.3) is 0 Å². The van der Waals surface area contributed by atoms with Gasteiger partial charge in [0, 0.05) is 19.8 Å². The van der Waals surface area contributed by atoms with Crippen molar-refractivity contribution in [3.8, 4) is 5.75 Å². The van der Waals surface area contributed by atoms with E-state index in [1.54, 1.807) is 26.1 Å². The number of likely N-dealkylation sites (N-methyl/N-ethyl adjacent to an activating group) is 1. The molecule has 0 bridgehead atoms. The average molecular weight is 401 g/mol. The predicted octanol–water partition coefficient (Wildman–Crippen LogP) is 4.21. The lowest BCUT2D eigenvalue weighted by Crippen LogP contribution is -2.26. The second-order valence-electron chi connectivity index (χ2n) is 5.87. The molecule has 140 valence electrons. The Morgan fingerprint density at radius 1 is 1.11 bits per heavy atom. The minimum absolute atomic E-state index is 0.0195. The maximum atomic E-state index is 12.6. The zero-order valence-corrected chi connectivity index (χ0v) is 16.9. The first-order valence-corrected chi connectivity index (χ1v) is 9.94. The fourth-order valence-electron chi connectivity index (χ4n) is 2.33. The van der Waals surface area contributed by atoms with Gasteiger partial charge in [0.25, 0.3) is 0 Å². The van der Waals surface area contributed by atoms with E-state index in [2.05, 4.69) is 15.5 Å². The number of anilines is 2. The Morgan fingerprint density at radius 3 is 2.44 bits per heavy atom. The SMILES string of the molecule is COc1ccc(Nc2nnc(S[C@H](C(=O)N(C)C)c3ccccc3)s2)cc1. The van der Waals surface area contributed by atoms with E-state index in [1.165, 1.54) is 23.1 Å². The number of nitrogens with one attached hydrogen (secondary N) is 1. The van der Waals surface area contributed by atoms with Crippen LogP contribution >= 0.6 is 23.1 Å². The molecule has 6 nitrogen and oxygen atoms in total. The van der Waals surface area contributed by atoms with E-state index in [0.29, 0.717) is 5.13 Å². The topological polar surface area (TPSA) is 67.3 Å². The second-order valence-corrected chi connectivity index (χ2v) is 8.20. The van der Waals surface area contributed by atoms with Crippen molar-refractivity contribution in [3.05, 3.63) is 60.2 Å². The molecule has 8 heteroatoms. The van der Waals surface area contributed by atoms with E-state index in [4.69, 9.17) is 4.74 Å². The molecule has 1 aromatic heterocycles. The molecule has 2 aromatic carbocycles. The fourth-order valence-corrected chi connectivity index (χ4v) is 4.44. The molecule has 0 unspecified atom stereocenters. The number of hydrogen-bond donors (Lipinski definition) is 1. The van der Waals surface area contributed by atoms with Crippen molar-refractivity contribution < 1.29 is 9.53 Å². The zero-order valence-electron chi connectivity index (χ0n) is 15.2. The molecule has 27 heavy (non-hydrogen) atoms. The second kappa shape index (κ2) is 8.88. The fraction of sp³-hybridized carbons (Fsp3) is 0.211. The van der Waals surface area contributed by atoms with Crippen LogP contribution in [0.4, 0.5) is 10.8 Å². The van der Waals surface area contributed by atoms with E-state index in [-0.39, 0.29) is 11.2 Å². The molecule has 1 amide bonds. The highest BCUT2D eigenvalue weighted by atomic mass is 32.2. The van der Waals surface area contributed by atoms with Crippen LogP contribution in [0, 0.1) is 0 Å². The van der Waals surface area contributed by atoms with Gasteiger partial charge in [-0.25, -0.2) is 0 Å². The van der Waals surface area contributed by atoms with Crippen molar-refractivity contribution in [1.82, 2.24) is 15.1 Å². The third-order valence-electron chi connectivity index (χ3n) is 3.73. The molecule has 0 fully saturated rings. The molecule has 0 aliphatic rings. The monoisotopic (exact) mass is 400 g/mol. The Hall–Kier alpha value is -2.58. The number of ether oxygens (including phenoxy) is 1. The van der Waals surface area contributed by atoms with E-state index in [0.717, 1.165) is 21.3 Å². The van der Waals surface area contributed by atoms with Gasteiger partial charge in [-0.2, -0.15) is 0 Å². The Labute approximate surface area is 166 Å². The Morgan fingerprint density at radius 2 is 1.81 bits per heavy atom. The highest BCUT2D eigenvalue weighted by Gasteiger charge is 2.25. The number of carbonyl (C=O) groups excluding carboxylic acids is 1. The Balaban J connectivity index is 1.74. The van der Waals surface area contributed by atoms with Crippen LogP contribution in [0.15, 0.2) is 58.9 Å². The maximum Gasteiger partial charge on any atom is 0.240 e. The van der Waals surface area contributed by atoms with Crippen LogP contribution in [0.5, 0.6) is 5.75 Å². The molecule has 0 aliphatic heterocycles. The van der Waals surface area contributed by atoms with Crippen LogP contribution in [0.3, 0.4) is 0 Å². The third kappa shape index (κ3) is 4.99. The standard InChI is InChI=1S/C19H20N4O2S2/c1-23(2)17(24)16(13-7-5-4-6-8-13)26-19-22-21-18(27-19)20-14-9-11-15(25-3)12-10-14/h4-12,16H,1-3H3,(H,20,21)/t16-/m0/s1. The lowest BCUT2D eigenvalue weighted by atomic mass is 10.1. The van der Waals surface area contributed by atoms with Gasteiger partial charge in [0.05, 0.1) is 7.11 Å². The molecule has 1 N–H and O–H groups in total. The highest BCUT2D eigenvalue weighted by Crippen LogP contribution is 2.39. The summed E-state index contributed by atoms with van der Waals surface area (Å²) in [5, 5.41) is 11.9. The number of rotatable bonds is 7.